The maximum atomic E-state index is 4.67. The first kappa shape index (κ1) is 12.1. The molecule has 1 aliphatic heterocycles. The Morgan fingerprint density at radius 1 is 1.38 bits per heavy atom. The first-order valence-electron chi connectivity index (χ1n) is 5.76. The zero-order valence-corrected chi connectivity index (χ0v) is 12.0. The number of anilines is 1. The number of hydrogen-bond donors (Lipinski definition) is 0. The number of halogens is 1. The van der Waals surface area contributed by atoms with Gasteiger partial charge in [-0.3, -0.25) is 0 Å². The van der Waals surface area contributed by atoms with E-state index >= 15 is 0 Å². The summed E-state index contributed by atoms with van der Waals surface area (Å²) in [4.78, 5) is 8.38. The van der Waals surface area contributed by atoms with Gasteiger partial charge in [0.25, 0.3) is 0 Å². The van der Waals surface area contributed by atoms with E-state index in [2.05, 4.69) is 44.9 Å². The average Bonchev–Trinajstić information content (AvgIpc) is 2.69. The van der Waals surface area contributed by atoms with Crippen LogP contribution >= 0.6 is 27.3 Å². The fraction of sp³-hybridized carbons (Fsp3) is 0.583. The topological polar surface area (TPSA) is 16.1 Å². The number of alkyl halides is 1. The zero-order valence-electron chi connectivity index (χ0n) is 9.58. The van der Waals surface area contributed by atoms with Gasteiger partial charge < -0.3 is 4.90 Å². The van der Waals surface area contributed by atoms with Gasteiger partial charge in [-0.25, -0.2) is 4.98 Å². The van der Waals surface area contributed by atoms with Crippen LogP contribution < -0.4 is 4.90 Å². The van der Waals surface area contributed by atoms with Gasteiger partial charge >= 0.3 is 0 Å². The van der Waals surface area contributed by atoms with Crippen molar-refractivity contribution < 1.29 is 0 Å². The molecular formula is C12H17BrN2S. The van der Waals surface area contributed by atoms with Crippen molar-refractivity contribution in [3.05, 3.63) is 16.6 Å². The predicted molar refractivity (Wildman–Crippen MR) is 75.7 cm³/mol. The lowest BCUT2D eigenvalue weighted by molar-refractivity contribution is 0.576. The quantitative estimate of drug-likeness (QED) is 0.788. The van der Waals surface area contributed by atoms with Crippen LogP contribution in [0.2, 0.25) is 0 Å². The molecule has 2 nitrogen and oxygen atoms in total. The Morgan fingerprint density at radius 2 is 2.12 bits per heavy atom. The Bertz CT molecular complexity index is 367. The van der Waals surface area contributed by atoms with Gasteiger partial charge in [-0.15, -0.1) is 0 Å². The van der Waals surface area contributed by atoms with Gasteiger partial charge in [0.2, 0.25) is 0 Å². The minimum Gasteiger partial charge on any atom is -0.348 e. The molecule has 1 aromatic rings. The molecule has 0 amide bonds. The Labute approximate surface area is 110 Å². The molecule has 1 fully saturated rings. The number of allylic oxidation sites excluding steroid dienone is 1. The highest BCUT2D eigenvalue weighted by Gasteiger charge is 2.15. The van der Waals surface area contributed by atoms with Gasteiger partial charge in [0, 0.05) is 18.4 Å². The molecule has 0 bridgehead atoms. The third-order valence-electron chi connectivity index (χ3n) is 2.81. The van der Waals surface area contributed by atoms with E-state index in [1.165, 1.54) is 42.4 Å². The summed E-state index contributed by atoms with van der Waals surface area (Å²) >= 11 is 5.21. The van der Waals surface area contributed by atoms with E-state index in [1.54, 1.807) is 0 Å². The summed E-state index contributed by atoms with van der Waals surface area (Å²) in [6.45, 7) is 4.45. The molecule has 1 aliphatic rings. The number of hydrogen-bond acceptors (Lipinski definition) is 3. The molecule has 0 atom stereocenters. The Morgan fingerprint density at radius 3 is 2.81 bits per heavy atom. The summed E-state index contributed by atoms with van der Waals surface area (Å²) in [5.74, 6) is 0. The Balaban J connectivity index is 2.12. The van der Waals surface area contributed by atoms with Gasteiger partial charge in [0.1, 0.15) is 0 Å². The van der Waals surface area contributed by atoms with Gasteiger partial charge in [-0.1, -0.05) is 33.3 Å². The highest BCUT2D eigenvalue weighted by Crippen LogP contribution is 2.29. The van der Waals surface area contributed by atoms with E-state index in [4.69, 9.17) is 0 Å². The summed E-state index contributed by atoms with van der Waals surface area (Å²) in [5.41, 5.74) is 1.16. The molecule has 0 saturated carbocycles. The summed E-state index contributed by atoms with van der Waals surface area (Å²) < 4.78 is 0. The molecule has 2 rings (SSSR count). The summed E-state index contributed by atoms with van der Waals surface area (Å²) in [6, 6.07) is 0. The molecule has 0 spiro atoms. The SMILES string of the molecule is Cc1nc(N2CCCCC2)sc1C=CCBr. The van der Waals surface area contributed by atoms with Gasteiger partial charge in [0.05, 0.1) is 10.6 Å². The molecule has 0 aromatic carbocycles. The number of aromatic nitrogens is 1. The molecule has 4 heteroatoms. The molecule has 0 N–H and O–H groups in total. The molecule has 16 heavy (non-hydrogen) atoms. The minimum absolute atomic E-state index is 0.906. The van der Waals surface area contributed by atoms with Crippen LogP contribution in [0.4, 0.5) is 5.13 Å². The lowest BCUT2D eigenvalue weighted by atomic mass is 10.1. The molecule has 2 heterocycles. The van der Waals surface area contributed by atoms with Crippen LogP contribution in [0.1, 0.15) is 29.8 Å². The van der Waals surface area contributed by atoms with Crippen molar-refractivity contribution in [2.24, 2.45) is 0 Å². The van der Waals surface area contributed by atoms with Crippen LogP contribution in [0.3, 0.4) is 0 Å². The highest BCUT2D eigenvalue weighted by atomic mass is 79.9. The largest absolute Gasteiger partial charge is 0.348 e. The number of rotatable bonds is 3. The van der Waals surface area contributed by atoms with Crippen LogP contribution in [0, 0.1) is 6.92 Å². The number of piperidine rings is 1. The van der Waals surface area contributed by atoms with Gasteiger partial charge in [-0.2, -0.15) is 0 Å². The molecule has 1 saturated heterocycles. The van der Waals surface area contributed by atoms with Crippen molar-refractivity contribution >= 4 is 38.5 Å². The predicted octanol–water partition coefficient (Wildman–Crippen LogP) is 3.85. The zero-order chi connectivity index (χ0) is 11.4. The Hall–Kier alpha value is -0.350. The van der Waals surface area contributed by atoms with Crippen LogP contribution in [-0.2, 0) is 0 Å². The third-order valence-corrected chi connectivity index (χ3v) is 4.36. The third kappa shape index (κ3) is 2.86. The fourth-order valence-electron chi connectivity index (χ4n) is 1.92. The molecule has 1 aromatic heterocycles. The summed E-state index contributed by atoms with van der Waals surface area (Å²) in [7, 11) is 0. The first-order valence-corrected chi connectivity index (χ1v) is 7.70. The van der Waals surface area contributed by atoms with Crippen molar-refractivity contribution in [2.75, 3.05) is 23.3 Å². The standard InChI is InChI=1S/C12H17BrN2S/c1-10-11(6-5-7-13)16-12(14-10)15-8-3-2-4-9-15/h5-6H,2-4,7-9H2,1H3. The van der Waals surface area contributed by atoms with Crippen molar-refractivity contribution in [3.8, 4) is 0 Å². The van der Waals surface area contributed by atoms with E-state index in [1.807, 2.05) is 11.3 Å². The van der Waals surface area contributed by atoms with Crippen LogP contribution in [0.25, 0.3) is 6.08 Å². The lowest BCUT2D eigenvalue weighted by Crippen LogP contribution is -2.29. The van der Waals surface area contributed by atoms with E-state index < -0.39 is 0 Å². The second-order valence-electron chi connectivity index (χ2n) is 4.05. The second-order valence-corrected chi connectivity index (χ2v) is 5.71. The number of aryl methyl sites for hydroxylation is 1. The normalized spacial score (nSPS) is 17.2. The number of nitrogens with zero attached hydrogens (tertiary/aromatic N) is 2. The molecular weight excluding hydrogens is 284 g/mol. The van der Waals surface area contributed by atoms with Crippen LogP contribution in [0.15, 0.2) is 6.08 Å². The smallest absolute Gasteiger partial charge is 0.186 e. The van der Waals surface area contributed by atoms with E-state index in [0.29, 0.717) is 0 Å². The molecule has 0 radical (unpaired) electrons. The first-order chi connectivity index (χ1) is 7.81. The van der Waals surface area contributed by atoms with Crippen LogP contribution in [0.5, 0.6) is 0 Å². The summed E-state index contributed by atoms with van der Waals surface area (Å²) in [5, 5.41) is 2.11. The average molecular weight is 301 g/mol. The van der Waals surface area contributed by atoms with Crippen molar-refractivity contribution in [1.82, 2.24) is 4.98 Å². The maximum absolute atomic E-state index is 4.67. The second kappa shape index (κ2) is 5.82. The molecule has 88 valence electrons. The molecule has 0 unspecified atom stereocenters. The fourth-order valence-corrected chi connectivity index (χ4v) is 3.16. The van der Waals surface area contributed by atoms with Crippen molar-refractivity contribution in [1.29, 1.82) is 0 Å². The van der Waals surface area contributed by atoms with E-state index in [9.17, 15) is 0 Å². The summed E-state index contributed by atoms with van der Waals surface area (Å²) in [6.07, 6.45) is 8.28. The van der Waals surface area contributed by atoms with Crippen LogP contribution in [-0.4, -0.2) is 23.4 Å². The van der Waals surface area contributed by atoms with E-state index in [-0.39, 0.29) is 0 Å². The van der Waals surface area contributed by atoms with Crippen molar-refractivity contribution in [3.63, 3.8) is 0 Å². The van der Waals surface area contributed by atoms with Gasteiger partial charge in [0.15, 0.2) is 5.13 Å². The monoisotopic (exact) mass is 300 g/mol. The minimum atomic E-state index is 0.906. The lowest BCUT2D eigenvalue weighted by Gasteiger charge is -2.25. The number of thiazole rings is 1. The molecule has 0 aliphatic carbocycles. The Kier molecular flexibility index (Phi) is 4.41. The maximum Gasteiger partial charge on any atom is 0.186 e. The highest BCUT2D eigenvalue weighted by molar-refractivity contribution is 9.09. The van der Waals surface area contributed by atoms with Crippen molar-refractivity contribution in [2.45, 2.75) is 26.2 Å². The van der Waals surface area contributed by atoms with E-state index in [0.717, 1.165) is 11.0 Å². The van der Waals surface area contributed by atoms with Gasteiger partial charge in [-0.05, 0) is 32.3 Å².